The number of likely N-dealkylation sites (tertiary alicyclic amines) is 1. The van der Waals surface area contributed by atoms with Gasteiger partial charge in [-0.25, -0.2) is 0 Å². The molecule has 16 heavy (non-hydrogen) atoms. The molecule has 0 aromatic rings. The molecule has 0 aromatic carbocycles. The topological polar surface area (TPSA) is 9.72 Å². The average molecular weight is 227 g/mol. The van der Waals surface area contributed by atoms with Crippen LogP contribution in [0, 0.1) is 0 Å². The molecule has 3 nitrogen and oxygen atoms in total. The molecule has 2 rings (SSSR count). The first-order valence-corrected chi connectivity index (χ1v) is 6.98. The van der Waals surface area contributed by atoms with Crippen LogP contribution in [0.15, 0.2) is 0 Å². The maximum absolute atomic E-state index is 2.61. The van der Waals surface area contributed by atoms with Gasteiger partial charge in [0.1, 0.15) is 0 Å². The second kappa shape index (κ2) is 8.04. The SMILES string of the molecule is CC.CN1CCN(CCN2CCCC2)CC1. The second-order valence-electron chi connectivity index (χ2n) is 4.69. The molecule has 2 aliphatic rings. The van der Waals surface area contributed by atoms with Gasteiger partial charge in [-0.2, -0.15) is 0 Å². The number of hydrogen-bond donors (Lipinski definition) is 0. The Bertz CT molecular complexity index is 159. The van der Waals surface area contributed by atoms with Gasteiger partial charge < -0.3 is 9.80 Å². The summed E-state index contributed by atoms with van der Waals surface area (Å²) in [4.78, 5) is 7.64. The third kappa shape index (κ3) is 4.81. The van der Waals surface area contributed by atoms with Crippen molar-refractivity contribution in [3.05, 3.63) is 0 Å². The highest BCUT2D eigenvalue weighted by atomic mass is 15.3. The Balaban J connectivity index is 0.000000606. The molecule has 96 valence electrons. The molecule has 0 spiro atoms. The summed E-state index contributed by atoms with van der Waals surface area (Å²) in [5.41, 5.74) is 0. The van der Waals surface area contributed by atoms with E-state index in [2.05, 4.69) is 21.7 Å². The van der Waals surface area contributed by atoms with Gasteiger partial charge in [0.25, 0.3) is 0 Å². The van der Waals surface area contributed by atoms with Crippen molar-refractivity contribution < 1.29 is 0 Å². The fraction of sp³-hybridized carbons (Fsp3) is 1.00. The number of rotatable bonds is 3. The lowest BCUT2D eigenvalue weighted by Crippen LogP contribution is -2.46. The molecule has 0 amide bonds. The third-order valence-electron chi connectivity index (χ3n) is 3.53. The number of hydrogen-bond acceptors (Lipinski definition) is 3. The highest BCUT2D eigenvalue weighted by Gasteiger charge is 2.16. The smallest absolute Gasteiger partial charge is 0.0110 e. The summed E-state index contributed by atoms with van der Waals surface area (Å²) < 4.78 is 0. The minimum atomic E-state index is 1.25. The molecule has 2 heterocycles. The molecular formula is C13H29N3. The van der Waals surface area contributed by atoms with Crippen LogP contribution in [0.5, 0.6) is 0 Å². The summed E-state index contributed by atoms with van der Waals surface area (Å²) in [7, 11) is 2.22. The lowest BCUT2D eigenvalue weighted by molar-refractivity contribution is 0.140. The zero-order valence-electron chi connectivity index (χ0n) is 11.4. The van der Waals surface area contributed by atoms with E-state index in [1.165, 1.54) is 65.2 Å². The summed E-state index contributed by atoms with van der Waals surface area (Å²) in [5, 5.41) is 0. The van der Waals surface area contributed by atoms with Gasteiger partial charge in [-0.15, -0.1) is 0 Å². The molecule has 2 saturated heterocycles. The third-order valence-corrected chi connectivity index (χ3v) is 3.53. The van der Waals surface area contributed by atoms with Crippen LogP contribution in [0.1, 0.15) is 26.7 Å². The van der Waals surface area contributed by atoms with E-state index in [-0.39, 0.29) is 0 Å². The van der Waals surface area contributed by atoms with Crippen LogP contribution in [0.2, 0.25) is 0 Å². The molecule has 0 aliphatic carbocycles. The quantitative estimate of drug-likeness (QED) is 0.721. The summed E-state index contributed by atoms with van der Waals surface area (Å²) in [6.45, 7) is 14.3. The predicted molar refractivity (Wildman–Crippen MR) is 71.0 cm³/mol. The van der Waals surface area contributed by atoms with Gasteiger partial charge in [0, 0.05) is 39.3 Å². The molecule has 0 N–H and O–H groups in total. The van der Waals surface area contributed by atoms with Crippen molar-refractivity contribution in [3.8, 4) is 0 Å². The fourth-order valence-corrected chi connectivity index (χ4v) is 2.36. The first-order valence-electron chi connectivity index (χ1n) is 6.98. The van der Waals surface area contributed by atoms with E-state index < -0.39 is 0 Å². The van der Waals surface area contributed by atoms with Crippen LogP contribution in [0.4, 0.5) is 0 Å². The highest BCUT2D eigenvalue weighted by Crippen LogP contribution is 2.07. The first-order chi connectivity index (χ1) is 7.84. The van der Waals surface area contributed by atoms with E-state index >= 15 is 0 Å². The second-order valence-corrected chi connectivity index (χ2v) is 4.69. The largest absolute Gasteiger partial charge is 0.304 e. The van der Waals surface area contributed by atoms with E-state index in [0.717, 1.165) is 0 Å². The first kappa shape index (κ1) is 13.9. The van der Waals surface area contributed by atoms with Crippen molar-refractivity contribution >= 4 is 0 Å². The van der Waals surface area contributed by atoms with Crippen LogP contribution in [0.3, 0.4) is 0 Å². The molecule has 2 aliphatic heterocycles. The van der Waals surface area contributed by atoms with Crippen LogP contribution in [-0.4, -0.2) is 74.1 Å². The molecule has 0 saturated carbocycles. The Morgan fingerprint density at radius 1 is 0.688 bits per heavy atom. The zero-order chi connectivity index (χ0) is 11.8. The summed E-state index contributed by atoms with van der Waals surface area (Å²) >= 11 is 0. The van der Waals surface area contributed by atoms with Crippen molar-refractivity contribution in [3.63, 3.8) is 0 Å². The van der Waals surface area contributed by atoms with Crippen LogP contribution in [-0.2, 0) is 0 Å². The van der Waals surface area contributed by atoms with Gasteiger partial charge in [0.15, 0.2) is 0 Å². The van der Waals surface area contributed by atoms with Crippen molar-refractivity contribution in [1.82, 2.24) is 14.7 Å². The van der Waals surface area contributed by atoms with Gasteiger partial charge >= 0.3 is 0 Å². The lowest BCUT2D eigenvalue weighted by Gasteiger charge is -2.33. The minimum absolute atomic E-state index is 1.25. The van der Waals surface area contributed by atoms with Gasteiger partial charge in [0.2, 0.25) is 0 Å². The van der Waals surface area contributed by atoms with Crippen molar-refractivity contribution in [2.75, 3.05) is 59.4 Å². The monoisotopic (exact) mass is 227 g/mol. The van der Waals surface area contributed by atoms with E-state index in [1.807, 2.05) is 13.8 Å². The van der Waals surface area contributed by atoms with E-state index in [1.54, 1.807) is 0 Å². The Morgan fingerprint density at radius 3 is 1.62 bits per heavy atom. The maximum atomic E-state index is 2.61. The van der Waals surface area contributed by atoms with E-state index in [9.17, 15) is 0 Å². The standard InChI is InChI=1S/C11H23N3.C2H6/c1-12-6-8-14(9-7-12)11-10-13-4-2-3-5-13;1-2/h2-11H2,1H3;1-2H3. The molecular weight excluding hydrogens is 198 g/mol. The Labute approximate surface area is 101 Å². The minimum Gasteiger partial charge on any atom is -0.304 e. The highest BCUT2D eigenvalue weighted by molar-refractivity contribution is 4.72. The Kier molecular flexibility index (Phi) is 7.01. The van der Waals surface area contributed by atoms with Crippen LogP contribution in [0.25, 0.3) is 0 Å². The molecule has 2 fully saturated rings. The van der Waals surface area contributed by atoms with Crippen LogP contribution >= 0.6 is 0 Å². The van der Waals surface area contributed by atoms with Crippen molar-refractivity contribution in [2.45, 2.75) is 26.7 Å². The van der Waals surface area contributed by atoms with Gasteiger partial charge in [-0.05, 0) is 33.0 Å². The van der Waals surface area contributed by atoms with Crippen molar-refractivity contribution in [2.24, 2.45) is 0 Å². The fourth-order valence-electron chi connectivity index (χ4n) is 2.36. The predicted octanol–water partition coefficient (Wildman–Crippen LogP) is 1.36. The van der Waals surface area contributed by atoms with Gasteiger partial charge in [0.05, 0.1) is 0 Å². The summed E-state index contributed by atoms with van der Waals surface area (Å²) in [6, 6.07) is 0. The van der Waals surface area contributed by atoms with E-state index in [4.69, 9.17) is 0 Å². The van der Waals surface area contributed by atoms with Gasteiger partial charge in [-0.3, -0.25) is 4.90 Å². The lowest BCUT2D eigenvalue weighted by atomic mass is 10.3. The Morgan fingerprint density at radius 2 is 1.12 bits per heavy atom. The molecule has 0 unspecified atom stereocenters. The molecule has 0 radical (unpaired) electrons. The summed E-state index contributed by atoms with van der Waals surface area (Å²) in [6.07, 6.45) is 2.84. The number of likely N-dealkylation sites (N-methyl/N-ethyl adjacent to an activating group) is 1. The van der Waals surface area contributed by atoms with E-state index in [0.29, 0.717) is 0 Å². The Hall–Kier alpha value is -0.120. The van der Waals surface area contributed by atoms with Crippen molar-refractivity contribution in [1.29, 1.82) is 0 Å². The normalized spacial score (nSPS) is 24.2. The molecule has 0 aromatic heterocycles. The van der Waals surface area contributed by atoms with Crippen LogP contribution < -0.4 is 0 Å². The molecule has 0 bridgehead atoms. The average Bonchev–Trinajstić information content (AvgIpc) is 2.84. The van der Waals surface area contributed by atoms with Gasteiger partial charge in [-0.1, -0.05) is 13.8 Å². The summed E-state index contributed by atoms with van der Waals surface area (Å²) in [5.74, 6) is 0. The number of nitrogens with zero attached hydrogens (tertiary/aromatic N) is 3. The molecule has 0 atom stereocenters. The maximum Gasteiger partial charge on any atom is 0.0110 e. The number of piperazine rings is 1. The molecule has 3 heteroatoms. The zero-order valence-corrected chi connectivity index (χ0v) is 11.4.